The summed E-state index contributed by atoms with van der Waals surface area (Å²) in [5.74, 6) is 3.32. The van der Waals surface area contributed by atoms with Gasteiger partial charge in [0.05, 0.1) is 0 Å². The topological polar surface area (TPSA) is 12.0 Å². The zero-order valence-corrected chi connectivity index (χ0v) is 13.5. The van der Waals surface area contributed by atoms with Gasteiger partial charge in [0.2, 0.25) is 0 Å². The Kier molecular flexibility index (Phi) is 9.22. The van der Waals surface area contributed by atoms with E-state index in [0.717, 1.165) is 17.9 Å². The van der Waals surface area contributed by atoms with Crippen LogP contribution >= 0.6 is 11.8 Å². The van der Waals surface area contributed by atoms with E-state index in [9.17, 15) is 0 Å². The zero-order chi connectivity index (χ0) is 13.2. The van der Waals surface area contributed by atoms with Crippen molar-refractivity contribution in [1.82, 2.24) is 5.32 Å². The normalized spacial score (nSPS) is 28.5. The smallest absolute Gasteiger partial charge is 0.00955 e. The molecule has 0 amide bonds. The first kappa shape index (κ1) is 16.4. The Morgan fingerprint density at radius 1 is 1.11 bits per heavy atom. The van der Waals surface area contributed by atoms with Crippen LogP contribution < -0.4 is 5.32 Å². The molecule has 0 radical (unpaired) electrons. The second-order valence-electron chi connectivity index (χ2n) is 5.92. The maximum Gasteiger partial charge on any atom is 0.00955 e. The molecule has 0 aromatic rings. The Bertz CT molecular complexity index is 196. The molecule has 0 bridgehead atoms. The molecule has 1 N–H and O–H groups in total. The van der Waals surface area contributed by atoms with Crippen LogP contribution in [-0.4, -0.2) is 24.6 Å². The van der Waals surface area contributed by atoms with Gasteiger partial charge in [-0.15, -0.1) is 0 Å². The van der Waals surface area contributed by atoms with Gasteiger partial charge in [0.15, 0.2) is 0 Å². The van der Waals surface area contributed by atoms with E-state index in [1.807, 2.05) is 11.8 Å². The molecule has 0 aromatic heterocycles. The third kappa shape index (κ3) is 5.97. The minimum atomic E-state index is 0.819. The van der Waals surface area contributed by atoms with Crippen LogP contribution in [-0.2, 0) is 0 Å². The van der Waals surface area contributed by atoms with E-state index in [-0.39, 0.29) is 0 Å². The lowest BCUT2D eigenvalue weighted by Gasteiger charge is -2.37. The van der Waals surface area contributed by atoms with Crippen LogP contribution in [0.4, 0.5) is 0 Å². The third-order valence-electron chi connectivity index (χ3n) is 4.37. The van der Waals surface area contributed by atoms with Gasteiger partial charge in [-0.2, -0.15) is 11.8 Å². The lowest BCUT2D eigenvalue weighted by Crippen LogP contribution is -2.41. The van der Waals surface area contributed by atoms with Crippen LogP contribution in [0.1, 0.15) is 65.2 Å². The largest absolute Gasteiger partial charge is 0.314 e. The number of hydrogen-bond acceptors (Lipinski definition) is 2. The molecule has 0 saturated heterocycles. The molecule has 1 saturated carbocycles. The molecule has 1 nitrogen and oxygen atoms in total. The lowest BCUT2D eigenvalue weighted by atomic mass is 9.74. The van der Waals surface area contributed by atoms with Crippen molar-refractivity contribution in [2.45, 2.75) is 71.3 Å². The first-order valence-corrected chi connectivity index (χ1v) is 9.43. The van der Waals surface area contributed by atoms with Gasteiger partial charge in [0.25, 0.3) is 0 Å². The maximum atomic E-state index is 3.80. The molecular weight excluding hydrogens is 238 g/mol. The van der Waals surface area contributed by atoms with Gasteiger partial charge in [-0.25, -0.2) is 0 Å². The predicted molar refractivity (Wildman–Crippen MR) is 85.4 cm³/mol. The maximum absolute atomic E-state index is 3.80. The number of nitrogens with one attached hydrogen (secondary N) is 1. The molecule has 18 heavy (non-hydrogen) atoms. The fraction of sp³-hybridized carbons (Fsp3) is 1.00. The van der Waals surface area contributed by atoms with Gasteiger partial charge in [-0.1, -0.05) is 26.7 Å². The molecule has 0 aliphatic heterocycles. The van der Waals surface area contributed by atoms with E-state index < -0.39 is 0 Å². The van der Waals surface area contributed by atoms with Gasteiger partial charge >= 0.3 is 0 Å². The Morgan fingerprint density at radius 3 is 2.61 bits per heavy atom. The molecule has 3 unspecified atom stereocenters. The summed E-state index contributed by atoms with van der Waals surface area (Å²) in [6, 6.07) is 0.819. The van der Waals surface area contributed by atoms with E-state index in [1.54, 1.807) is 0 Å². The second kappa shape index (κ2) is 10.1. The van der Waals surface area contributed by atoms with Gasteiger partial charge in [-0.3, -0.25) is 0 Å². The second-order valence-corrected chi connectivity index (χ2v) is 6.91. The van der Waals surface area contributed by atoms with Gasteiger partial charge < -0.3 is 5.32 Å². The molecule has 1 aliphatic carbocycles. The SMILES string of the molecule is CCCNC1CCC(CCC)CC1CCCSC. The van der Waals surface area contributed by atoms with Crippen molar-refractivity contribution in [3.8, 4) is 0 Å². The van der Waals surface area contributed by atoms with Crippen molar-refractivity contribution in [2.75, 3.05) is 18.6 Å². The van der Waals surface area contributed by atoms with Crippen LogP contribution in [0.15, 0.2) is 0 Å². The van der Waals surface area contributed by atoms with Gasteiger partial charge in [0.1, 0.15) is 0 Å². The molecule has 0 aromatic carbocycles. The van der Waals surface area contributed by atoms with Crippen LogP contribution in [0.2, 0.25) is 0 Å². The Balaban J connectivity index is 2.38. The van der Waals surface area contributed by atoms with Crippen LogP contribution in [0.25, 0.3) is 0 Å². The Hall–Kier alpha value is 0.310. The highest BCUT2D eigenvalue weighted by Crippen LogP contribution is 2.34. The average molecular weight is 272 g/mol. The molecule has 1 aliphatic rings. The molecule has 0 heterocycles. The summed E-state index contributed by atoms with van der Waals surface area (Å²) in [4.78, 5) is 0. The fourth-order valence-electron chi connectivity index (χ4n) is 3.44. The van der Waals surface area contributed by atoms with Crippen molar-refractivity contribution in [3.05, 3.63) is 0 Å². The first-order valence-electron chi connectivity index (χ1n) is 8.04. The van der Waals surface area contributed by atoms with Crippen molar-refractivity contribution in [1.29, 1.82) is 0 Å². The van der Waals surface area contributed by atoms with Crippen molar-refractivity contribution in [3.63, 3.8) is 0 Å². The summed E-state index contributed by atoms with van der Waals surface area (Å²) in [5.41, 5.74) is 0. The quantitative estimate of drug-likeness (QED) is 0.609. The van der Waals surface area contributed by atoms with E-state index >= 15 is 0 Å². The summed E-state index contributed by atoms with van der Waals surface area (Å²) in [7, 11) is 0. The number of hydrogen-bond donors (Lipinski definition) is 1. The first-order chi connectivity index (χ1) is 8.81. The summed E-state index contributed by atoms with van der Waals surface area (Å²) in [6.07, 6.45) is 13.6. The number of thioether (sulfide) groups is 1. The van der Waals surface area contributed by atoms with E-state index in [1.165, 1.54) is 63.7 Å². The third-order valence-corrected chi connectivity index (χ3v) is 5.06. The molecule has 1 rings (SSSR count). The summed E-state index contributed by atoms with van der Waals surface area (Å²) < 4.78 is 0. The molecule has 2 heteroatoms. The lowest BCUT2D eigenvalue weighted by molar-refractivity contribution is 0.185. The molecule has 3 atom stereocenters. The highest BCUT2D eigenvalue weighted by Gasteiger charge is 2.28. The minimum absolute atomic E-state index is 0.819. The Labute approximate surface area is 119 Å². The standard InChI is InChI=1S/C16H33NS/c1-4-7-14-9-10-16(17-11-5-2)15(13-14)8-6-12-18-3/h14-17H,4-13H2,1-3H3. The van der Waals surface area contributed by atoms with Crippen LogP contribution in [0, 0.1) is 11.8 Å². The van der Waals surface area contributed by atoms with E-state index in [4.69, 9.17) is 0 Å². The highest BCUT2D eigenvalue weighted by atomic mass is 32.2. The zero-order valence-electron chi connectivity index (χ0n) is 12.7. The highest BCUT2D eigenvalue weighted by molar-refractivity contribution is 7.98. The van der Waals surface area contributed by atoms with Crippen molar-refractivity contribution < 1.29 is 0 Å². The average Bonchev–Trinajstić information content (AvgIpc) is 2.38. The van der Waals surface area contributed by atoms with Gasteiger partial charge in [0, 0.05) is 6.04 Å². The summed E-state index contributed by atoms with van der Waals surface area (Å²) in [6.45, 7) is 5.82. The Morgan fingerprint density at radius 2 is 1.94 bits per heavy atom. The van der Waals surface area contributed by atoms with E-state index in [0.29, 0.717) is 0 Å². The number of rotatable bonds is 9. The molecular formula is C16H33NS. The molecule has 1 fully saturated rings. The predicted octanol–water partition coefficient (Wildman–Crippen LogP) is 4.71. The van der Waals surface area contributed by atoms with Crippen LogP contribution in [0.5, 0.6) is 0 Å². The monoisotopic (exact) mass is 271 g/mol. The molecule has 0 spiro atoms. The van der Waals surface area contributed by atoms with Crippen LogP contribution in [0.3, 0.4) is 0 Å². The summed E-state index contributed by atoms with van der Waals surface area (Å²) >= 11 is 2.00. The van der Waals surface area contributed by atoms with Gasteiger partial charge in [-0.05, 0) is 68.9 Å². The minimum Gasteiger partial charge on any atom is -0.314 e. The van der Waals surface area contributed by atoms with E-state index in [2.05, 4.69) is 25.4 Å². The molecule has 108 valence electrons. The summed E-state index contributed by atoms with van der Waals surface area (Å²) in [5, 5.41) is 3.80. The van der Waals surface area contributed by atoms with Crippen molar-refractivity contribution in [2.24, 2.45) is 11.8 Å². The van der Waals surface area contributed by atoms with Crippen molar-refractivity contribution >= 4 is 11.8 Å². The fourth-order valence-corrected chi connectivity index (χ4v) is 3.89.